The van der Waals surface area contributed by atoms with Crippen LogP contribution in [-0.4, -0.2) is 0 Å². The van der Waals surface area contributed by atoms with Gasteiger partial charge in [0.15, 0.2) is 0 Å². The summed E-state index contributed by atoms with van der Waals surface area (Å²) in [7, 11) is 0. The Morgan fingerprint density at radius 2 is 1.18 bits per heavy atom. The van der Waals surface area contributed by atoms with Crippen molar-refractivity contribution in [1.82, 2.24) is 0 Å². The number of allylic oxidation sites excluding steroid dienone is 3. The lowest BCUT2D eigenvalue weighted by molar-refractivity contribution is 0.455. The van der Waals surface area contributed by atoms with E-state index in [0.717, 1.165) is 12.1 Å². The largest absolute Gasteiger partial charge is 0.310 e. The van der Waals surface area contributed by atoms with E-state index in [1.165, 1.54) is 106 Å². The van der Waals surface area contributed by atoms with Crippen molar-refractivity contribution in [2.75, 3.05) is 4.90 Å². The van der Waals surface area contributed by atoms with Gasteiger partial charge in [0.05, 0.1) is 5.41 Å². The lowest BCUT2D eigenvalue weighted by Gasteiger charge is -2.39. The normalized spacial score (nSPS) is 19.2. The van der Waals surface area contributed by atoms with Gasteiger partial charge in [-0.2, -0.15) is 0 Å². The fourth-order valence-electron chi connectivity index (χ4n) is 12.6. The molecule has 4 aliphatic carbocycles. The summed E-state index contributed by atoms with van der Waals surface area (Å²) >= 11 is 1.99. The van der Waals surface area contributed by atoms with Crippen LogP contribution < -0.4 is 4.90 Å². The Hall–Kier alpha value is -7.00. The molecule has 2 heteroatoms. The van der Waals surface area contributed by atoms with Gasteiger partial charge in [0.2, 0.25) is 0 Å². The van der Waals surface area contributed by atoms with Crippen LogP contribution in [-0.2, 0) is 10.8 Å². The highest BCUT2D eigenvalue weighted by Crippen LogP contribution is 2.64. The molecule has 0 radical (unpaired) electrons. The van der Waals surface area contributed by atoms with E-state index in [1.54, 1.807) is 0 Å². The van der Waals surface area contributed by atoms with Gasteiger partial charge in [0, 0.05) is 43.9 Å². The van der Waals surface area contributed by atoms with Gasteiger partial charge in [-0.05, 0) is 140 Å². The molecule has 0 saturated heterocycles. The Morgan fingerprint density at radius 1 is 0.545 bits per heavy atom. The Balaban J connectivity index is 1.00. The smallest absolute Gasteiger partial charge is 0.0526 e. The molecular formula is C64H51NS. The molecule has 9 aromatic rings. The molecule has 66 heavy (non-hydrogen) atoms. The SMILES string of the molecule is CC1(C)c2ccccc2-c2ccc(N(c3ccc(-c4ccc(C5CC=CCC5)cc4)cc3)c3ccc4c(c3)C3c5sc6ccccc6c5C=CC3C4(c3ccccc3)c3ccccc3)cc21. The Bertz CT molecular complexity index is 3330. The highest BCUT2D eigenvalue weighted by atomic mass is 32.1. The fourth-order valence-corrected chi connectivity index (χ4v) is 13.9. The second-order valence-electron chi connectivity index (χ2n) is 19.4. The second kappa shape index (κ2) is 15.3. The molecule has 3 atom stereocenters. The molecule has 1 aromatic heterocycles. The molecule has 1 heterocycles. The number of nitrogens with zero attached hydrogens (tertiary/aromatic N) is 1. The average molecular weight is 866 g/mol. The molecule has 318 valence electrons. The topological polar surface area (TPSA) is 3.24 Å². The number of benzene rings is 8. The maximum atomic E-state index is 2.56. The van der Waals surface area contributed by atoms with Crippen molar-refractivity contribution in [2.45, 2.75) is 55.8 Å². The molecule has 13 rings (SSSR count). The monoisotopic (exact) mass is 865 g/mol. The molecule has 0 bridgehead atoms. The van der Waals surface area contributed by atoms with Gasteiger partial charge < -0.3 is 4.90 Å². The van der Waals surface area contributed by atoms with Gasteiger partial charge in [-0.1, -0.05) is 190 Å². The molecule has 0 spiro atoms. The number of anilines is 3. The molecule has 3 unspecified atom stereocenters. The van der Waals surface area contributed by atoms with Gasteiger partial charge >= 0.3 is 0 Å². The molecule has 4 aliphatic rings. The maximum Gasteiger partial charge on any atom is 0.0526 e. The number of rotatable bonds is 7. The molecule has 0 N–H and O–H groups in total. The van der Waals surface area contributed by atoms with E-state index < -0.39 is 0 Å². The summed E-state index contributed by atoms with van der Waals surface area (Å²) in [5, 5.41) is 1.35. The van der Waals surface area contributed by atoms with Gasteiger partial charge in [0.1, 0.15) is 0 Å². The van der Waals surface area contributed by atoms with Crippen LogP contribution in [0.4, 0.5) is 17.1 Å². The second-order valence-corrected chi connectivity index (χ2v) is 20.5. The number of fused-ring (bicyclic) bond motifs is 10. The Labute approximate surface area is 393 Å². The van der Waals surface area contributed by atoms with Crippen LogP contribution in [0.15, 0.2) is 212 Å². The highest BCUT2D eigenvalue weighted by Gasteiger charge is 2.55. The minimum Gasteiger partial charge on any atom is -0.310 e. The molecule has 0 amide bonds. The van der Waals surface area contributed by atoms with Gasteiger partial charge in [-0.3, -0.25) is 0 Å². The first kappa shape index (κ1) is 39.4. The van der Waals surface area contributed by atoms with Crippen molar-refractivity contribution >= 4 is 44.6 Å². The van der Waals surface area contributed by atoms with E-state index in [0.29, 0.717) is 5.92 Å². The van der Waals surface area contributed by atoms with Gasteiger partial charge in [-0.15, -0.1) is 11.3 Å². The maximum absolute atomic E-state index is 2.56. The van der Waals surface area contributed by atoms with Crippen molar-refractivity contribution in [3.05, 3.63) is 262 Å². The van der Waals surface area contributed by atoms with E-state index in [9.17, 15) is 0 Å². The standard InChI is InChI=1S/C64H51NS/c1-63(2)56-24-14-12-22-51(56)52-36-34-50(41-59(52)63)65(48-32-30-45(31-33-48)44-28-26-43(27-29-44)42-16-6-3-7-17-42)49-35-38-57-55(40-49)61-58(39-37-54-53-23-13-15-25-60(53)66-62(54)61)64(57,46-18-8-4-9-19-46)47-20-10-5-11-21-47/h3-6,8-15,18-42,58,61H,7,16-17H2,1-2H3. The van der Waals surface area contributed by atoms with Crippen LogP contribution in [0.3, 0.4) is 0 Å². The first-order valence-electron chi connectivity index (χ1n) is 23.8. The zero-order valence-corrected chi connectivity index (χ0v) is 38.3. The Morgan fingerprint density at radius 3 is 1.92 bits per heavy atom. The molecular weight excluding hydrogens is 815 g/mol. The molecule has 0 aliphatic heterocycles. The molecule has 0 fully saturated rings. The van der Waals surface area contributed by atoms with Crippen molar-refractivity contribution in [3.63, 3.8) is 0 Å². The van der Waals surface area contributed by atoms with Crippen LogP contribution >= 0.6 is 11.3 Å². The third kappa shape index (κ3) is 5.90. The predicted octanol–water partition coefficient (Wildman–Crippen LogP) is 17.3. The van der Waals surface area contributed by atoms with E-state index in [2.05, 4.69) is 237 Å². The quantitative estimate of drug-likeness (QED) is 0.144. The van der Waals surface area contributed by atoms with Crippen LogP contribution in [0.25, 0.3) is 38.4 Å². The van der Waals surface area contributed by atoms with Crippen LogP contribution in [0.2, 0.25) is 0 Å². The molecule has 8 aromatic carbocycles. The van der Waals surface area contributed by atoms with E-state index in [-0.39, 0.29) is 22.7 Å². The zero-order valence-electron chi connectivity index (χ0n) is 37.5. The summed E-state index contributed by atoms with van der Waals surface area (Å²) in [6, 6.07) is 74.0. The number of hydrogen-bond donors (Lipinski definition) is 0. The van der Waals surface area contributed by atoms with E-state index >= 15 is 0 Å². The summed E-state index contributed by atoms with van der Waals surface area (Å²) in [5.41, 5.74) is 19.2. The fraction of sp³-hybridized carbons (Fsp3) is 0.156. The molecule has 0 saturated carbocycles. The predicted molar refractivity (Wildman–Crippen MR) is 279 cm³/mol. The lowest BCUT2D eigenvalue weighted by Crippen LogP contribution is -2.35. The highest BCUT2D eigenvalue weighted by molar-refractivity contribution is 7.19. The third-order valence-electron chi connectivity index (χ3n) is 15.7. The van der Waals surface area contributed by atoms with Crippen LogP contribution in [0.1, 0.15) is 94.3 Å². The average Bonchev–Trinajstić information content (AvgIpc) is 3.99. The third-order valence-corrected chi connectivity index (χ3v) is 17.0. The number of thiophene rings is 1. The first-order valence-corrected chi connectivity index (χ1v) is 24.7. The van der Waals surface area contributed by atoms with Crippen molar-refractivity contribution in [2.24, 2.45) is 5.92 Å². The summed E-state index contributed by atoms with van der Waals surface area (Å²) < 4.78 is 1.35. The van der Waals surface area contributed by atoms with Crippen molar-refractivity contribution in [3.8, 4) is 22.3 Å². The van der Waals surface area contributed by atoms with Crippen LogP contribution in [0, 0.1) is 5.92 Å². The van der Waals surface area contributed by atoms with Crippen molar-refractivity contribution < 1.29 is 0 Å². The van der Waals surface area contributed by atoms with Crippen LogP contribution in [0.5, 0.6) is 0 Å². The Kier molecular flexibility index (Phi) is 9.12. The lowest BCUT2D eigenvalue weighted by atomic mass is 9.62. The van der Waals surface area contributed by atoms with E-state index in [4.69, 9.17) is 0 Å². The number of hydrogen-bond acceptors (Lipinski definition) is 2. The summed E-state index contributed by atoms with van der Waals surface area (Å²) in [4.78, 5) is 3.99. The van der Waals surface area contributed by atoms with Gasteiger partial charge in [0.25, 0.3) is 0 Å². The van der Waals surface area contributed by atoms with Crippen molar-refractivity contribution in [1.29, 1.82) is 0 Å². The minimum atomic E-state index is -0.384. The minimum absolute atomic E-state index is 0.125. The summed E-state index contributed by atoms with van der Waals surface area (Å²) in [5.74, 6) is 0.970. The van der Waals surface area contributed by atoms with E-state index in [1.807, 2.05) is 11.3 Å². The molecule has 1 nitrogen and oxygen atoms in total. The van der Waals surface area contributed by atoms with Gasteiger partial charge in [-0.25, -0.2) is 0 Å². The summed E-state index contributed by atoms with van der Waals surface area (Å²) in [6.07, 6.45) is 13.2. The summed E-state index contributed by atoms with van der Waals surface area (Å²) in [6.45, 7) is 4.77. The first-order chi connectivity index (χ1) is 32.5. The zero-order chi connectivity index (χ0) is 44.0.